The van der Waals surface area contributed by atoms with Crippen LogP contribution in [-0.2, 0) is 4.79 Å². The summed E-state index contributed by atoms with van der Waals surface area (Å²) in [7, 11) is 0. The molecule has 2 aromatic carbocycles. The molecule has 0 aliphatic rings. The number of carbonyl (C=O) groups is 2. The highest BCUT2D eigenvalue weighted by atomic mass is 32.1. The summed E-state index contributed by atoms with van der Waals surface area (Å²) in [6, 6.07) is 15.4. The summed E-state index contributed by atoms with van der Waals surface area (Å²) in [5, 5.41) is 0. The summed E-state index contributed by atoms with van der Waals surface area (Å²) in [5.74, 6) is -1.48. The zero-order chi connectivity index (χ0) is 20.6. The van der Waals surface area contributed by atoms with E-state index in [1.54, 1.807) is 36.4 Å². The third-order valence-corrected chi connectivity index (χ3v) is 5.05. The second-order valence-corrected chi connectivity index (χ2v) is 7.14. The van der Waals surface area contributed by atoms with E-state index in [1.165, 1.54) is 35.6 Å². The quantitative estimate of drug-likeness (QED) is 0.445. The normalized spacial score (nSPS) is 10.4. The summed E-state index contributed by atoms with van der Waals surface area (Å²) in [4.78, 5) is 25.2. The Labute approximate surface area is 170 Å². The van der Waals surface area contributed by atoms with Gasteiger partial charge in [0.1, 0.15) is 5.82 Å². The van der Waals surface area contributed by atoms with Crippen molar-refractivity contribution >= 4 is 23.2 Å². The van der Waals surface area contributed by atoms with Gasteiger partial charge < -0.3 is 4.74 Å². The van der Waals surface area contributed by atoms with Gasteiger partial charge in [-0.1, -0.05) is 24.3 Å². The number of nitrogens with one attached hydrogen (secondary N) is 2. The topological polar surface area (TPSA) is 67.4 Å². The molecule has 0 radical (unpaired) electrons. The van der Waals surface area contributed by atoms with Crippen molar-refractivity contribution < 1.29 is 23.1 Å². The van der Waals surface area contributed by atoms with Gasteiger partial charge in [-0.05, 0) is 48.4 Å². The molecule has 0 unspecified atom stereocenters. The molecule has 2 amide bonds. The van der Waals surface area contributed by atoms with Gasteiger partial charge in [-0.25, -0.2) is 8.78 Å². The molecule has 3 aromatic rings. The van der Waals surface area contributed by atoms with E-state index < -0.39 is 11.7 Å². The first-order valence-electron chi connectivity index (χ1n) is 8.85. The highest BCUT2D eigenvalue weighted by molar-refractivity contribution is 7.17. The Balaban J connectivity index is 1.40. The number of para-hydroxylation sites is 1. The van der Waals surface area contributed by atoms with Gasteiger partial charge in [-0.3, -0.25) is 20.4 Å². The fraction of sp³-hybridized carbons (Fsp3) is 0.143. The van der Waals surface area contributed by atoms with Gasteiger partial charge in [0.25, 0.3) is 5.91 Å². The minimum Gasteiger partial charge on any atom is -0.491 e. The number of rotatable bonds is 7. The first-order chi connectivity index (χ1) is 14.0. The summed E-state index contributed by atoms with van der Waals surface area (Å²) in [6.45, 7) is 0.175. The van der Waals surface area contributed by atoms with Crippen molar-refractivity contribution in [3.63, 3.8) is 0 Å². The van der Waals surface area contributed by atoms with Crippen LogP contribution in [0.4, 0.5) is 8.78 Å². The molecule has 0 atom stereocenters. The maximum absolute atomic E-state index is 13.4. The highest BCUT2D eigenvalue weighted by Crippen LogP contribution is 2.28. The van der Waals surface area contributed by atoms with Gasteiger partial charge in [0.05, 0.1) is 11.5 Å². The van der Waals surface area contributed by atoms with Gasteiger partial charge >= 0.3 is 0 Å². The molecule has 0 fully saturated rings. The van der Waals surface area contributed by atoms with Crippen LogP contribution in [-0.4, -0.2) is 18.4 Å². The third kappa shape index (κ3) is 5.86. The first kappa shape index (κ1) is 20.5. The Hall–Kier alpha value is -3.26. The molecule has 150 valence electrons. The largest absolute Gasteiger partial charge is 0.491 e. The Morgan fingerprint density at radius 2 is 1.69 bits per heavy atom. The Kier molecular flexibility index (Phi) is 6.91. The molecule has 0 aliphatic heterocycles. The van der Waals surface area contributed by atoms with E-state index >= 15 is 0 Å². The van der Waals surface area contributed by atoms with Crippen LogP contribution in [0.25, 0.3) is 10.4 Å². The smallest absolute Gasteiger partial charge is 0.279 e. The lowest BCUT2D eigenvalue weighted by Crippen LogP contribution is -2.41. The third-order valence-electron chi connectivity index (χ3n) is 3.92. The van der Waals surface area contributed by atoms with E-state index in [9.17, 15) is 18.4 Å². The van der Waals surface area contributed by atoms with Crippen LogP contribution in [0.15, 0.2) is 60.7 Å². The SMILES string of the molecule is O=C(CCCOc1ccccc1F)NNC(=O)c1ccc(-c2ccc(F)cc2)s1. The number of benzene rings is 2. The van der Waals surface area contributed by atoms with Crippen molar-refractivity contribution in [2.45, 2.75) is 12.8 Å². The first-order valence-corrected chi connectivity index (χ1v) is 9.67. The molecule has 8 heteroatoms. The van der Waals surface area contributed by atoms with Gasteiger partial charge in [-0.2, -0.15) is 0 Å². The van der Waals surface area contributed by atoms with Crippen molar-refractivity contribution in [2.75, 3.05) is 6.61 Å². The van der Waals surface area contributed by atoms with E-state index in [-0.39, 0.29) is 30.5 Å². The fourth-order valence-corrected chi connectivity index (χ4v) is 3.36. The van der Waals surface area contributed by atoms with Crippen LogP contribution < -0.4 is 15.6 Å². The van der Waals surface area contributed by atoms with Gasteiger partial charge in [-0.15, -0.1) is 11.3 Å². The zero-order valence-corrected chi connectivity index (χ0v) is 16.1. The van der Waals surface area contributed by atoms with Crippen LogP contribution in [0.1, 0.15) is 22.5 Å². The van der Waals surface area contributed by atoms with Crippen molar-refractivity contribution in [1.29, 1.82) is 0 Å². The monoisotopic (exact) mass is 416 g/mol. The lowest BCUT2D eigenvalue weighted by Gasteiger charge is -2.08. The molecule has 0 spiro atoms. The number of hydrazine groups is 1. The van der Waals surface area contributed by atoms with Crippen LogP contribution in [0, 0.1) is 11.6 Å². The number of hydrogen-bond donors (Lipinski definition) is 2. The Morgan fingerprint density at radius 1 is 0.931 bits per heavy atom. The summed E-state index contributed by atoms with van der Waals surface area (Å²) in [5.41, 5.74) is 5.49. The number of halogens is 2. The molecule has 2 N–H and O–H groups in total. The number of carbonyl (C=O) groups excluding carboxylic acids is 2. The molecule has 0 bridgehead atoms. The molecule has 3 rings (SSSR count). The summed E-state index contributed by atoms with van der Waals surface area (Å²) < 4.78 is 31.7. The molecule has 0 saturated heterocycles. The minimum atomic E-state index is -0.458. The van der Waals surface area contributed by atoms with E-state index in [4.69, 9.17) is 4.74 Å². The number of amides is 2. The van der Waals surface area contributed by atoms with Crippen molar-refractivity contribution in [3.05, 3.63) is 77.2 Å². The van der Waals surface area contributed by atoms with Crippen LogP contribution in [0.3, 0.4) is 0 Å². The van der Waals surface area contributed by atoms with E-state index in [1.807, 2.05) is 0 Å². The van der Waals surface area contributed by atoms with Crippen molar-refractivity contribution in [1.82, 2.24) is 10.9 Å². The molecule has 1 aromatic heterocycles. The average molecular weight is 416 g/mol. The van der Waals surface area contributed by atoms with Crippen LogP contribution in [0.5, 0.6) is 5.75 Å². The van der Waals surface area contributed by atoms with Gasteiger partial charge in [0.2, 0.25) is 5.91 Å². The second kappa shape index (κ2) is 9.79. The summed E-state index contributed by atoms with van der Waals surface area (Å²) >= 11 is 1.23. The highest BCUT2D eigenvalue weighted by Gasteiger charge is 2.11. The molecule has 5 nitrogen and oxygen atoms in total. The van der Waals surface area contributed by atoms with Crippen molar-refractivity contribution in [3.8, 4) is 16.2 Å². The molecule has 1 heterocycles. The van der Waals surface area contributed by atoms with E-state index in [0.29, 0.717) is 11.3 Å². The zero-order valence-electron chi connectivity index (χ0n) is 15.3. The predicted molar refractivity (Wildman–Crippen MR) is 106 cm³/mol. The Morgan fingerprint density at radius 3 is 2.45 bits per heavy atom. The standard InChI is InChI=1S/C21H18F2N2O3S/c22-15-9-7-14(8-10-15)18-11-12-19(29-18)21(27)25-24-20(26)6-3-13-28-17-5-2-1-4-16(17)23/h1-2,4-5,7-12H,3,6,13H2,(H,24,26)(H,25,27). The van der Waals surface area contributed by atoms with Crippen molar-refractivity contribution in [2.24, 2.45) is 0 Å². The van der Waals surface area contributed by atoms with Gasteiger partial charge in [0, 0.05) is 11.3 Å². The Bertz CT molecular complexity index is 990. The minimum absolute atomic E-state index is 0.111. The molecular formula is C21H18F2N2O3S. The maximum Gasteiger partial charge on any atom is 0.279 e. The fourth-order valence-electron chi connectivity index (χ4n) is 2.46. The number of ether oxygens (including phenoxy) is 1. The lowest BCUT2D eigenvalue weighted by atomic mass is 10.2. The van der Waals surface area contributed by atoms with E-state index in [2.05, 4.69) is 10.9 Å². The van der Waals surface area contributed by atoms with E-state index in [0.717, 1.165) is 10.4 Å². The molecule has 0 saturated carbocycles. The summed E-state index contributed by atoms with van der Waals surface area (Å²) in [6.07, 6.45) is 0.476. The average Bonchev–Trinajstić information content (AvgIpc) is 3.21. The molecule has 0 aliphatic carbocycles. The molecular weight excluding hydrogens is 398 g/mol. The second-order valence-electron chi connectivity index (χ2n) is 6.06. The predicted octanol–water partition coefficient (Wildman–Crippen LogP) is 4.31. The maximum atomic E-state index is 13.4. The number of thiophene rings is 1. The van der Waals surface area contributed by atoms with Gasteiger partial charge in [0.15, 0.2) is 11.6 Å². The number of hydrogen-bond acceptors (Lipinski definition) is 4. The van der Waals surface area contributed by atoms with Crippen LogP contribution >= 0.6 is 11.3 Å². The lowest BCUT2D eigenvalue weighted by molar-refractivity contribution is -0.122. The molecule has 29 heavy (non-hydrogen) atoms. The van der Waals surface area contributed by atoms with Crippen LogP contribution in [0.2, 0.25) is 0 Å².